The highest BCUT2D eigenvalue weighted by atomic mass is 16.6. The highest BCUT2D eigenvalue weighted by Crippen LogP contribution is 2.07. The predicted molar refractivity (Wildman–Crippen MR) is 54.4 cm³/mol. The van der Waals surface area contributed by atoms with Crippen LogP contribution in [0.3, 0.4) is 0 Å². The summed E-state index contributed by atoms with van der Waals surface area (Å²) in [5.41, 5.74) is 3.54. The third-order valence-corrected chi connectivity index (χ3v) is 2.11. The molecule has 0 fully saturated rings. The maximum atomic E-state index is 11.9. The number of allylic oxidation sites excluding steroid dienone is 2. The summed E-state index contributed by atoms with van der Waals surface area (Å²) in [5, 5.41) is 10.0. The SMILES string of the molecule is Cc1nonc1C(=O)N(C)N1C=CC=CN1. The summed E-state index contributed by atoms with van der Waals surface area (Å²) in [4.78, 5) is 11.9. The molecule has 0 aliphatic carbocycles. The van der Waals surface area contributed by atoms with Crippen molar-refractivity contribution in [2.45, 2.75) is 6.92 Å². The van der Waals surface area contributed by atoms with Gasteiger partial charge in [-0.2, -0.15) is 0 Å². The number of hydrazine groups is 2. The largest absolute Gasteiger partial charge is 0.297 e. The lowest BCUT2D eigenvalue weighted by atomic mass is 10.3. The molecule has 2 rings (SSSR count). The molecule has 1 N–H and O–H groups in total. The Kier molecular flexibility index (Phi) is 2.59. The second-order valence-corrected chi connectivity index (χ2v) is 3.20. The lowest BCUT2D eigenvalue weighted by Crippen LogP contribution is -2.47. The summed E-state index contributed by atoms with van der Waals surface area (Å²) < 4.78 is 4.49. The number of carbonyl (C=O) groups excluding carboxylic acids is 1. The van der Waals surface area contributed by atoms with Crippen LogP contribution in [0.25, 0.3) is 0 Å². The van der Waals surface area contributed by atoms with Gasteiger partial charge in [-0.15, -0.1) is 0 Å². The summed E-state index contributed by atoms with van der Waals surface area (Å²) in [7, 11) is 1.62. The molecule has 2 heterocycles. The van der Waals surface area contributed by atoms with Crippen LogP contribution < -0.4 is 5.43 Å². The zero-order valence-electron chi connectivity index (χ0n) is 8.91. The van der Waals surface area contributed by atoms with Crippen molar-refractivity contribution in [3.05, 3.63) is 35.9 Å². The molecule has 7 nitrogen and oxygen atoms in total. The Labute approximate surface area is 91.9 Å². The Bertz CT molecular complexity index is 451. The van der Waals surface area contributed by atoms with Crippen molar-refractivity contribution >= 4 is 5.91 Å². The van der Waals surface area contributed by atoms with Crippen LogP contribution in [0.4, 0.5) is 0 Å². The van der Waals surface area contributed by atoms with E-state index in [4.69, 9.17) is 0 Å². The molecule has 1 aromatic heterocycles. The molecule has 1 aromatic rings. The van der Waals surface area contributed by atoms with Gasteiger partial charge in [-0.25, -0.2) is 14.8 Å². The number of aromatic nitrogens is 2. The number of amides is 1. The molecular formula is C9H11N5O2. The molecule has 0 atom stereocenters. The molecule has 0 saturated carbocycles. The van der Waals surface area contributed by atoms with E-state index in [9.17, 15) is 4.79 Å². The molecule has 1 aliphatic heterocycles. The van der Waals surface area contributed by atoms with E-state index in [1.807, 2.05) is 6.08 Å². The third-order valence-electron chi connectivity index (χ3n) is 2.11. The molecule has 0 spiro atoms. The first-order chi connectivity index (χ1) is 7.70. The van der Waals surface area contributed by atoms with Gasteiger partial charge in [0.15, 0.2) is 5.69 Å². The summed E-state index contributed by atoms with van der Waals surface area (Å²) in [6, 6.07) is 0. The fourth-order valence-corrected chi connectivity index (χ4v) is 1.21. The number of hydrogen-bond acceptors (Lipinski definition) is 6. The Balaban J connectivity index is 2.13. The molecule has 84 valence electrons. The van der Waals surface area contributed by atoms with Crippen LogP contribution in [-0.4, -0.2) is 33.4 Å². The van der Waals surface area contributed by atoms with Gasteiger partial charge < -0.3 is 0 Å². The van der Waals surface area contributed by atoms with Gasteiger partial charge in [-0.05, 0) is 24.2 Å². The first kappa shape index (κ1) is 10.2. The standard InChI is InChI=1S/C9H11N5O2/c1-7-8(12-16-11-7)9(15)13(2)14-6-4-3-5-10-14/h3-6,10H,1-2H3. The molecule has 1 aliphatic rings. The van der Waals surface area contributed by atoms with Crippen molar-refractivity contribution in [2.24, 2.45) is 0 Å². The van der Waals surface area contributed by atoms with Crippen LogP contribution in [0.1, 0.15) is 16.2 Å². The lowest BCUT2D eigenvalue weighted by Gasteiger charge is -2.30. The molecule has 1 amide bonds. The van der Waals surface area contributed by atoms with E-state index in [2.05, 4.69) is 20.4 Å². The van der Waals surface area contributed by atoms with E-state index in [1.165, 1.54) is 10.1 Å². The number of hydrogen-bond donors (Lipinski definition) is 1. The van der Waals surface area contributed by atoms with E-state index in [0.29, 0.717) is 5.69 Å². The highest BCUT2D eigenvalue weighted by molar-refractivity contribution is 5.92. The predicted octanol–water partition coefficient (Wildman–Crippen LogP) is 0.213. The minimum absolute atomic E-state index is 0.201. The van der Waals surface area contributed by atoms with Crippen molar-refractivity contribution in [3.8, 4) is 0 Å². The van der Waals surface area contributed by atoms with E-state index in [1.54, 1.807) is 32.4 Å². The van der Waals surface area contributed by atoms with Crippen LogP contribution in [0, 0.1) is 6.92 Å². The first-order valence-electron chi connectivity index (χ1n) is 4.66. The first-order valence-corrected chi connectivity index (χ1v) is 4.66. The maximum Gasteiger partial charge on any atom is 0.297 e. The van der Waals surface area contributed by atoms with E-state index in [0.717, 1.165) is 0 Å². The Morgan fingerprint density at radius 1 is 1.50 bits per heavy atom. The number of carbonyl (C=O) groups is 1. The van der Waals surface area contributed by atoms with Crippen molar-refractivity contribution in [1.82, 2.24) is 25.9 Å². The molecule has 16 heavy (non-hydrogen) atoms. The van der Waals surface area contributed by atoms with Gasteiger partial charge in [-0.1, -0.05) is 5.16 Å². The summed E-state index contributed by atoms with van der Waals surface area (Å²) in [6.07, 6.45) is 7.03. The number of nitrogens with one attached hydrogen (secondary N) is 1. The Hall–Kier alpha value is -2.31. The smallest absolute Gasteiger partial charge is 0.287 e. The Morgan fingerprint density at radius 3 is 2.88 bits per heavy atom. The topological polar surface area (TPSA) is 74.5 Å². The van der Waals surface area contributed by atoms with E-state index >= 15 is 0 Å². The van der Waals surface area contributed by atoms with Gasteiger partial charge in [-0.3, -0.25) is 10.2 Å². The molecule has 0 unspecified atom stereocenters. The van der Waals surface area contributed by atoms with Crippen molar-refractivity contribution in [1.29, 1.82) is 0 Å². The summed E-state index contributed by atoms with van der Waals surface area (Å²) >= 11 is 0. The minimum Gasteiger partial charge on any atom is -0.287 e. The van der Waals surface area contributed by atoms with Crippen molar-refractivity contribution in [2.75, 3.05) is 7.05 Å². The molecule has 0 radical (unpaired) electrons. The van der Waals surface area contributed by atoms with Crippen molar-refractivity contribution < 1.29 is 9.42 Å². The highest BCUT2D eigenvalue weighted by Gasteiger charge is 2.22. The van der Waals surface area contributed by atoms with Gasteiger partial charge in [0.2, 0.25) is 0 Å². The minimum atomic E-state index is -0.300. The van der Waals surface area contributed by atoms with Crippen LogP contribution in [-0.2, 0) is 0 Å². The molecule has 0 bridgehead atoms. The maximum absolute atomic E-state index is 11.9. The number of aryl methyl sites for hydroxylation is 1. The van der Waals surface area contributed by atoms with Crippen LogP contribution in [0.2, 0.25) is 0 Å². The average Bonchev–Trinajstić information content (AvgIpc) is 2.75. The van der Waals surface area contributed by atoms with Crippen LogP contribution in [0.15, 0.2) is 29.2 Å². The number of nitrogens with zero attached hydrogens (tertiary/aromatic N) is 4. The van der Waals surface area contributed by atoms with Crippen molar-refractivity contribution in [3.63, 3.8) is 0 Å². The Morgan fingerprint density at radius 2 is 2.31 bits per heavy atom. The lowest BCUT2D eigenvalue weighted by molar-refractivity contribution is 0.0139. The molecule has 0 aromatic carbocycles. The summed E-state index contributed by atoms with van der Waals surface area (Å²) in [6.45, 7) is 1.66. The van der Waals surface area contributed by atoms with Crippen LogP contribution >= 0.6 is 0 Å². The molecule has 7 heteroatoms. The zero-order chi connectivity index (χ0) is 11.5. The van der Waals surface area contributed by atoms with Gasteiger partial charge in [0.1, 0.15) is 5.69 Å². The normalized spacial score (nSPS) is 13.8. The second kappa shape index (κ2) is 4.05. The monoisotopic (exact) mass is 221 g/mol. The van der Waals surface area contributed by atoms with E-state index < -0.39 is 0 Å². The average molecular weight is 221 g/mol. The van der Waals surface area contributed by atoms with Gasteiger partial charge in [0.05, 0.1) is 0 Å². The quantitative estimate of drug-likeness (QED) is 0.769. The van der Waals surface area contributed by atoms with E-state index in [-0.39, 0.29) is 11.6 Å². The van der Waals surface area contributed by atoms with Gasteiger partial charge in [0, 0.05) is 19.4 Å². The van der Waals surface area contributed by atoms with Crippen LogP contribution in [0.5, 0.6) is 0 Å². The third kappa shape index (κ3) is 1.74. The fraction of sp³-hybridized carbons (Fsp3) is 0.222. The summed E-state index contributed by atoms with van der Waals surface area (Å²) in [5.74, 6) is -0.300. The number of rotatable bonds is 2. The van der Waals surface area contributed by atoms with Gasteiger partial charge >= 0.3 is 0 Å². The zero-order valence-corrected chi connectivity index (χ0v) is 8.91. The second-order valence-electron chi connectivity index (χ2n) is 3.20. The fourth-order valence-electron chi connectivity index (χ4n) is 1.21. The van der Waals surface area contributed by atoms with Gasteiger partial charge in [0.25, 0.3) is 5.91 Å². The molecule has 0 saturated heterocycles. The molecular weight excluding hydrogens is 210 g/mol.